The van der Waals surface area contributed by atoms with Crippen molar-refractivity contribution < 1.29 is 34.3 Å². The molecule has 10 nitrogen and oxygen atoms in total. The summed E-state index contributed by atoms with van der Waals surface area (Å²) in [6, 6.07) is 4.33. The molecule has 0 aliphatic carbocycles. The number of nitrogen functional groups attached to an aromatic ring is 1. The molecular weight excluding hydrogens is 346 g/mol. The number of nitrogens with two attached hydrogens (primary N) is 1. The van der Waals surface area contributed by atoms with Crippen LogP contribution < -0.4 is 5.73 Å². The van der Waals surface area contributed by atoms with E-state index in [4.69, 9.17) is 15.4 Å². The lowest BCUT2D eigenvalue weighted by molar-refractivity contribution is -0.237. The molecule has 0 bridgehead atoms. The Labute approximate surface area is 148 Å². The third-order valence-electron chi connectivity index (χ3n) is 4.08. The van der Waals surface area contributed by atoms with E-state index in [1.807, 2.05) is 0 Å². The van der Waals surface area contributed by atoms with Crippen LogP contribution in [0.15, 0.2) is 18.2 Å². The van der Waals surface area contributed by atoms with E-state index in [0.717, 1.165) is 5.06 Å². The summed E-state index contributed by atoms with van der Waals surface area (Å²) in [6.45, 7) is -0.141. The first-order valence-electron chi connectivity index (χ1n) is 8.10. The van der Waals surface area contributed by atoms with Crippen LogP contribution in [0.4, 0.5) is 5.69 Å². The average Bonchev–Trinajstić information content (AvgIpc) is 3.08. The van der Waals surface area contributed by atoms with Crippen molar-refractivity contribution in [3.63, 3.8) is 0 Å². The molecule has 1 aromatic rings. The molecule has 2 heterocycles. The van der Waals surface area contributed by atoms with Crippen molar-refractivity contribution in [2.75, 3.05) is 5.73 Å². The van der Waals surface area contributed by atoms with E-state index in [2.05, 4.69) is 0 Å². The van der Waals surface area contributed by atoms with Crippen molar-refractivity contribution in [1.29, 1.82) is 0 Å². The first-order chi connectivity index (χ1) is 12.3. The lowest BCUT2D eigenvalue weighted by Gasteiger charge is -2.22. The number of hydroxylamine groups is 4. The highest BCUT2D eigenvalue weighted by atomic mass is 16.7. The zero-order valence-electron chi connectivity index (χ0n) is 13.8. The molecule has 2 atom stereocenters. The maximum atomic E-state index is 12.3. The van der Waals surface area contributed by atoms with Crippen molar-refractivity contribution in [3.05, 3.63) is 29.3 Å². The molecule has 1 aromatic carbocycles. The number of nitrogens with zero attached hydrogens (tertiary/aromatic N) is 2. The van der Waals surface area contributed by atoms with Gasteiger partial charge in [-0.1, -0.05) is 5.06 Å². The molecule has 0 saturated carbocycles. The van der Waals surface area contributed by atoms with Gasteiger partial charge in [0.25, 0.3) is 11.8 Å². The Kier molecular flexibility index (Phi) is 5.18. The minimum Gasteiger partial charge on any atom is -0.399 e. The average molecular weight is 365 g/mol. The van der Waals surface area contributed by atoms with E-state index in [-0.39, 0.29) is 43.5 Å². The summed E-state index contributed by atoms with van der Waals surface area (Å²) in [7, 11) is 0. The summed E-state index contributed by atoms with van der Waals surface area (Å²) in [5.74, 6) is -1.65. The molecule has 4 N–H and O–H groups in total. The number of aliphatic hydroxyl groups is 2. The van der Waals surface area contributed by atoms with Crippen molar-refractivity contribution >= 4 is 23.5 Å². The number of amides is 2. The summed E-state index contributed by atoms with van der Waals surface area (Å²) in [6.07, 6.45) is -1.39. The summed E-state index contributed by atoms with van der Waals surface area (Å²) in [5.41, 5.74) is 6.55. The highest BCUT2D eigenvalue weighted by Crippen LogP contribution is 2.23. The molecule has 2 unspecified atom stereocenters. The fraction of sp³-hybridized carbons (Fsp3) is 0.438. The van der Waals surface area contributed by atoms with Crippen LogP contribution in [-0.4, -0.2) is 50.6 Å². The van der Waals surface area contributed by atoms with Crippen LogP contribution in [0.5, 0.6) is 0 Å². The quantitative estimate of drug-likeness (QED) is 0.471. The predicted octanol–water partition coefficient (Wildman–Crippen LogP) is -0.346. The third-order valence-corrected chi connectivity index (χ3v) is 4.08. The SMILES string of the molecule is Nc1cc(CON2C(=O)CCC2=O)cc(C(=O)ON2C(O)CCC2O)c1. The maximum Gasteiger partial charge on any atom is 0.357 e. The molecule has 0 spiro atoms. The number of imide groups is 1. The molecular formula is C16H19N3O7. The topological polar surface area (TPSA) is 143 Å². The van der Waals surface area contributed by atoms with Gasteiger partial charge >= 0.3 is 5.97 Å². The fourth-order valence-electron chi connectivity index (χ4n) is 2.78. The van der Waals surface area contributed by atoms with Gasteiger partial charge in [0.2, 0.25) is 0 Å². The van der Waals surface area contributed by atoms with Gasteiger partial charge in [-0.15, -0.1) is 0 Å². The summed E-state index contributed by atoms with van der Waals surface area (Å²) in [5, 5.41) is 20.9. The van der Waals surface area contributed by atoms with Crippen molar-refractivity contribution in [1.82, 2.24) is 10.1 Å². The Balaban J connectivity index is 1.68. The lowest BCUT2D eigenvalue weighted by atomic mass is 10.1. The number of benzene rings is 1. The second-order valence-corrected chi connectivity index (χ2v) is 6.10. The van der Waals surface area contributed by atoms with Gasteiger partial charge in [-0.05, 0) is 36.6 Å². The van der Waals surface area contributed by atoms with E-state index in [0.29, 0.717) is 10.6 Å². The number of anilines is 1. The van der Waals surface area contributed by atoms with Gasteiger partial charge in [0, 0.05) is 18.5 Å². The Morgan fingerprint density at radius 2 is 1.73 bits per heavy atom. The van der Waals surface area contributed by atoms with Crippen molar-refractivity contribution in [2.24, 2.45) is 0 Å². The number of carbonyl (C=O) groups is 3. The zero-order valence-corrected chi connectivity index (χ0v) is 13.8. The number of carbonyl (C=O) groups excluding carboxylic acids is 3. The normalized spacial score (nSPS) is 23.7. The van der Waals surface area contributed by atoms with E-state index < -0.39 is 30.2 Å². The molecule has 0 radical (unpaired) electrons. The van der Waals surface area contributed by atoms with Crippen molar-refractivity contribution in [3.8, 4) is 0 Å². The Bertz CT molecular complexity index is 713. The standard InChI is InChI=1S/C16H19N3O7/c17-11-6-9(8-25-18-12(20)1-2-13(18)21)5-10(7-11)16(24)26-19-14(22)3-4-15(19)23/h5-7,14-15,22-23H,1-4,8,17H2. The first kappa shape index (κ1) is 18.3. The molecule has 26 heavy (non-hydrogen) atoms. The second-order valence-electron chi connectivity index (χ2n) is 6.10. The van der Waals surface area contributed by atoms with Crippen LogP contribution in [0, 0.1) is 0 Å². The van der Waals surface area contributed by atoms with Gasteiger partial charge < -0.3 is 20.8 Å². The minimum absolute atomic E-state index is 0.0778. The summed E-state index contributed by atoms with van der Waals surface area (Å²) in [4.78, 5) is 45.6. The van der Waals surface area contributed by atoms with Gasteiger partial charge in [-0.3, -0.25) is 14.4 Å². The molecule has 2 aliphatic heterocycles. The van der Waals surface area contributed by atoms with Crippen LogP contribution in [0.1, 0.15) is 41.6 Å². The number of aliphatic hydroxyl groups excluding tert-OH is 2. The number of rotatable bonds is 5. The minimum atomic E-state index is -1.08. The first-order valence-corrected chi connectivity index (χ1v) is 8.10. The van der Waals surface area contributed by atoms with Crippen LogP contribution in [0.3, 0.4) is 0 Å². The lowest BCUT2D eigenvalue weighted by Crippen LogP contribution is -2.37. The van der Waals surface area contributed by atoms with E-state index in [1.165, 1.54) is 18.2 Å². The van der Waals surface area contributed by atoms with Gasteiger partial charge in [-0.25, -0.2) is 4.79 Å². The zero-order chi connectivity index (χ0) is 18.8. The smallest absolute Gasteiger partial charge is 0.357 e. The van der Waals surface area contributed by atoms with Gasteiger partial charge in [-0.2, -0.15) is 5.06 Å². The van der Waals surface area contributed by atoms with Crippen LogP contribution >= 0.6 is 0 Å². The maximum absolute atomic E-state index is 12.3. The molecule has 10 heteroatoms. The van der Waals surface area contributed by atoms with E-state index in [9.17, 15) is 24.6 Å². The molecule has 0 aromatic heterocycles. The molecule has 3 rings (SSSR count). The Morgan fingerprint density at radius 1 is 1.12 bits per heavy atom. The van der Waals surface area contributed by atoms with Gasteiger partial charge in [0.05, 0.1) is 5.56 Å². The summed E-state index contributed by atoms with van der Waals surface area (Å²) < 4.78 is 0. The Morgan fingerprint density at radius 3 is 2.35 bits per heavy atom. The second kappa shape index (κ2) is 7.38. The fourth-order valence-corrected chi connectivity index (χ4v) is 2.78. The molecule has 140 valence electrons. The van der Waals surface area contributed by atoms with Crippen LogP contribution in [0.2, 0.25) is 0 Å². The van der Waals surface area contributed by atoms with Gasteiger partial charge in [0.1, 0.15) is 19.1 Å². The monoisotopic (exact) mass is 365 g/mol. The predicted molar refractivity (Wildman–Crippen MR) is 85.2 cm³/mol. The van der Waals surface area contributed by atoms with E-state index in [1.54, 1.807) is 0 Å². The number of hydrogen-bond donors (Lipinski definition) is 3. The van der Waals surface area contributed by atoms with E-state index >= 15 is 0 Å². The van der Waals surface area contributed by atoms with Gasteiger partial charge in [0.15, 0.2) is 0 Å². The highest BCUT2D eigenvalue weighted by Gasteiger charge is 2.34. The van der Waals surface area contributed by atoms with Crippen LogP contribution in [-0.2, 0) is 25.9 Å². The largest absolute Gasteiger partial charge is 0.399 e. The van der Waals surface area contributed by atoms with Crippen LogP contribution in [0.25, 0.3) is 0 Å². The summed E-state index contributed by atoms with van der Waals surface area (Å²) >= 11 is 0. The molecule has 2 aliphatic rings. The highest BCUT2D eigenvalue weighted by molar-refractivity contribution is 6.00. The number of hydrogen-bond acceptors (Lipinski definition) is 9. The molecule has 2 saturated heterocycles. The Hall–Kier alpha value is -2.53. The van der Waals surface area contributed by atoms with Crippen molar-refractivity contribution in [2.45, 2.75) is 44.7 Å². The third kappa shape index (κ3) is 3.83. The molecule has 2 amide bonds. The molecule has 2 fully saturated rings.